The van der Waals surface area contributed by atoms with E-state index in [1.807, 2.05) is 13.0 Å². The Hall–Kier alpha value is -2.71. The van der Waals surface area contributed by atoms with Crippen molar-refractivity contribution >= 4 is 17.5 Å². The summed E-state index contributed by atoms with van der Waals surface area (Å²) in [6.45, 7) is 1.91. The summed E-state index contributed by atoms with van der Waals surface area (Å²) in [6, 6.07) is 9.96. The third-order valence-electron chi connectivity index (χ3n) is 4.02. The zero-order valence-electron chi connectivity index (χ0n) is 13.8. The van der Waals surface area contributed by atoms with E-state index < -0.39 is 24.1 Å². The number of nitrogens with one attached hydrogen (secondary N) is 2. The zero-order chi connectivity index (χ0) is 17.8. The number of ether oxygens (including phenoxy) is 1. The number of rotatable bonds is 4. The van der Waals surface area contributed by atoms with Crippen LogP contribution in [-0.2, 0) is 4.74 Å². The number of hydrogen-bond acceptors (Lipinski definition) is 5. The summed E-state index contributed by atoms with van der Waals surface area (Å²) in [4.78, 5) is 28.0. The van der Waals surface area contributed by atoms with Crippen LogP contribution in [0.5, 0.6) is 0 Å². The maximum Gasteiger partial charge on any atom is 0.351 e. The van der Waals surface area contributed by atoms with Gasteiger partial charge < -0.3 is 15.2 Å². The summed E-state index contributed by atoms with van der Waals surface area (Å²) in [7, 11) is 0. The van der Waals surface area contributed by atoms with Crippen LogP contribution < -0.4 is 16.3 Å². The van der Waals surface area contributed by atoms with E-state index in [2.05, 4.69) is 15.6 Å². The number of aliphatic hydroxyl groups excluding tert-OH is 1. The second-order valence-corrected chi connectivity index (χ2v) is 5.79. The average Bonchev–Trinajstić information content (AvgIpc) is 2.96. The molecule has 3 N–H and O–H groups in total. The van der Waals surface area contributed by atoms with Crippen LogP contribution in [0, 0.1) is 0 Å². The van der Waals surface area contributed by atoms with Gasteiger partial charge in [0.05, 0.1) is 12.2 Å². The molecule has 25 heavy (non-hydrogen) atoms. The van der Waals surface area contributed by atoms with Crippen molar-refractivity contribution in [1.82, 2.24) is 9.55 Å². The van der Waals surface area contributed by atoms with Gasteiger partial charge in [0, 0.05) is 18.3 Å². The Balaban J connectivity index is 1.66. The number of urea groups is 1. The molecule has 1 aliphatic heterocycles. The molecule has 2 heterocycles. The fourth-order valence-corrected chi connectivity index (χ4v) is 2.76. The molecule has 2 aromatic rings. The minimum absolute atomic E-state index is 0.139. The van der Waals surface area contributed by atoms with Crippen molar-refractivity contribution in [2.24, 2.45) is 0 Å². The van der Waals surface area contributed by atoms with Crippen molar-refractivity contribution in [1.29, 1.82) is 0 Å². The molecule has 0 bridgehead atoms. The number of nitrogens with zero attached hydrogens (tertiary/aromatic N) is 2. The molecule has 3 rings (SSSR count). The molecule has 1 aliphatic rings. The molecule has 1 unspecified atom stereocenters. The largest absolute Gasteiger partial charge is 0.390 e. The number of amides is 2. The van der Waals surface area contributed by atoms with E-state index in [0.29, 0.717) is 18.5 Å². The molecule has 0 spiro atoms. The third-order valence-corrected chi connectivity index (χ3v) is 4.02. The maximum atomic E-state index is 12.2. The van der Waals surface area contributed by atoms with Gasteiger partial charge in [0.1, 0.15) is 12.0 Å². The lowest BCUT2D eigenvalue weighted by atomic mass is 10.1. The molecule has 0 aliphatic carbocycles. The Labute approximate surface area is 144 Å². The Morgan fingerprint density at radius 2 is 2.08 bits per heavy atom. The van der Waals surface area contributed by atoms with E-state index in [1.54, 1.807) is 24.3 Å². The van der Waals surface area contributed by atoms with Crippen molar-refractivity contribution in [2.75, 3.05) is 10.6 Å². The highest BCUT2D eigenvalue weighted by molar-refractivity contribution is 5.99. The van der Waals surface area contributed by atoms with Crippen LogP contribution in [0.1, 0.15) is 26.0 Å². The van der Waals surface area contributed by atoms with E-state index in [4.69, 9.17) is 4.74 Å². The normalized spacial score (nSPS) is 22.6. The number of para-hydroxylation sites is 1. The smallest absolute Gasteiger partial charge is 0.351 e. The van der Waals surface area contributed by atoms with E-state index in [1.165, 1.54) is 16.8 Å². The predicted molar refractivity (Wildman–Crippen MR) is 92.4 cm³/mol. The van der Waals surface area contributed by atoms with Crippen molar-refractivity contribution < 1.29 is 14.6 Å². The van der Waals surface area contributed by atoms with Crippen LogP contribution in [0.2, 0.25) is 0 Å². The van der Waals surface area contributed by atoms with Crippen molar-refractivity contribution in [2.45, 2.75) is 38.2 Å². The monoisotopic (exact) mass is 344 g/mol. The molecule has 3 atom stereocenters. The quantitative estimate of drug-likeness (QED) is 0.786. The second kappa shape index (κ2) is 7.45. The molecule has 8 heteroatoms. The van der Waals surface area contributed by atoms with Gasteiger partial charge in [-0.1, -0.05) is 25.1 Å². The number of anilines is 2. The van der Waals surface area contributed by atoms with E-state index in [-0.39, 0.29) is 11.9 Å². The zero-order valence-corrected chi connectivity index (χ0v) is 13.8. The standard InChI is InChI=1S/C17H20N4O4/c1-2-13-12(22)10-15(25-13)21-9-8-14(20-17(21)24)19-16(23)18-11-6-4-3-5-7-11/h3-9,12-13,15,22H,2,10H2,1H3,(H2,18,19,20,23,24)/t12?,13-,15-/m1/s1. The average molecular weight is 344 g/mol. The lowest BCUT2D eigenvalue weighted by molar-refractivity contribution is -0.0216. The highest BCUT2D eigenvalue weighted by Gasteiger charge is 2.34. The minimum atomic E-state index is -0.601. The van der Waals surface area contributed by atoms with Crippen LogP contribution in [0.3, 0.4) is 0 Å². The Bertz CT molecular complexity index is 793. The molecule has 1 aromatic carbocycles. The summed E-state index contributed by atoms with van der Waals surface area (Å²) in [6.07, 6.45) is 1.07. The van der Waals surface area contributed by atoms with Crippen LogP contribution >= 0.6 is 0 Å². The summed E-state index contributed by atoms with van der Waals surface area (Å²) in [5.74, 6) is 0.139. The number of hydrogen-bond donors (Lipinski definition) is 3. The summed E-state index contributed by atoms with van der Waals surface area (Å²) >= 11 is 0. The van der Waals surface area contributed by atoms with Crippen molar-refractivity contribution in [3.63, 3.8) is 0 Å². The molecule has 1 saturated heterocycles. The topological polar surface area (TPSA) is 105 Å². The molecule has 132 valence electrons. The number of benzene rings is 1. The van der Waals surface area contributed by atoms with E-state index in [0.717, 1.165) is 0 Å². The summed E-state index contributed by atoms with van der Waals surface area (Å²) in [5.41, 5.74) is 0.0822. The van der Waals surface area contributed by atoms with Gasteiger partial charge in [-0.25, -0.2) is 9.59 Å². The Kier molecular flexibility index (Phi) is 5.11. The first-order valence-electron chi connectivity index (χ1n) is 8.12. The number of aromatic nitrogens is 2. The molecule has 8 nitrogen and oxygen atoms in total. The van der Waals surface area contributed by atoms with Gasteiger partial charge in [-0.2, -0.15) is 4.98 Å². The van der Waals surface area contributed by atoms with Gasteiger partial charge in [-0.3, -0.25) is 9.88 Å². The third kappa shape index (κ3) is 4.04. The van der Waals surface area contributed by atoms with Crippen LogP contribution in [0.4, 0.5) is 16.3 Å². The molecule has 1 aromatic heterocycles. The first-order valence-corrected chi connectivity index (χ1v) is 8.12. The maximum absolute atomic E-state index is 12.2. The molecular weight excluding hydrogens is 324 g/mol. The van der Waals surface area contributed by atoms with Gasteiger partial charge in [0.25, 0.3) is 0 Å². The molecule has 1 fully saturated rings. The van der Waals surface area contributed by atoms with E-state index in [9.17, 15) is 14.7 Å². The lowest BCUT2D eigenvalue weighted by Crippen LogP contribution is -2.29. The first-order chi connectivity index (χ1) is 12.1. The van der Waals surface area contributed by atoms with Gasteiger partial charge in [-0.05, 0) is 24.6 Å². The van der Waals surface area contributed by atoms with Gasteiger partial charge >= 0.3 is 11.7 Å². The highest BCUT2D eigenvalue weighted by atomic mass is 16.5. The lowest BCUT2D eigenvalue weighted by Gasteiger charge is -2.15. The van der Waals surface area contributed by atoms with Crippen LogP contribution in [0.25, 0.3) is 0 Å². The van der Waals surface area contributed by atoms with Crippen molar-refractivity contribution in [3.05, 3.63) is 53.1 Å². The molecule has 2 amide bonds. The fraction of sp³-hybridized carbons (Fsp3) is 0.353. The number of carbonyl (C=O) groups is 1. The van der Waals surface area contributed by atoms with Crippen LogP contribution in [-0.4, -0.2) is 32.9 Å². The van der Waals surface area contributed by atoms with Gasteiger partial charge in [-0.15, -0.1) is 0 Å². The van der Waals surface area contributed by atoms with Gasteiger partial charge in [0.2, 0.25) is 0 Å². The fourth-order valence-electron chi connectivity index (χ4n) is 2.76. The minimum Gasteiger partial charge on any atom is -0.390 e. The second-order valence-electron chi connectivity index (χ2n) is 5.79. The molecule has 0 radical (unpaired) electrons. The Morgan fingerprint density at radius 3 is 2.72 bits per heavy atom. The van der Waals surface area contributed by atoms with Crippen molar-refractivity contribution in [3.8, 4) is 0 Å². The molecule has 0 saturated carbocycles. The number of carbonyl (C=O) groups excluding carboxylic acids is 1. The predicted octanol–water partition coefficient (Wildman–Crippen LogP) is 1.95. The SMILES string of the molecule is CC[C@H]1O[C@@H](n2ccc(NC(=O)Nc3ccccc3)nc2=O)CC1O. The molecular formula is C17H20N4O4. The summed E-state index contributed by atoms with van der Waals surface area (Å²) < 4.78 is 6.98. The highest BCUT2D eigenvalue weighted by Crippen LogP contribution is 2.29. The first kappa shape index (κ1) is 17.1. The Morgan fingerprint density at radius 1 is 1.32 bits per heavy atom. The number of aliphatic hydroxyl groups is 1. The van der Waals surface area contributed by atoms with Crippen LogP contribution in [0.15, 0.2) is 47.4 Å². The van der Waals surface area contributed by atoms with Gasteiger partial charge in [0.15, 0.2) is 0 Å². The summed E-state index contributed by atoms with van der Waals surface area (Å²) in [5, 5.41) is 15.1. The van der Waals surface area contributed by atoms with E-state index >= 15 is 0 Å².